The molecule has 1 N–H and O–H groups in total. The summed E-state index contributed by atoms with van der Waals surface area (Å²) in [4.78, 5) is 26.5. The molecule has 0 spiro atoms. The van der Waals surface area contributed by atoms with E-state index in [1.807, 2.05) is 7.05 Å². The van der Waals surface area contributed by atoms with Crippen LogP contribution in [0.15, 0.2) is 53.4 Å². The molecule has 1 amide bonds. The normalized spacial score (nSPS) is 15.9. The number of likely N-dealkylation sites (N-methyl/N-ethyl adjacent to an activating group) is 1. The van der Waals surface area contributed by atoms with Crippen molar-refractivity contribution < 1.29 is 18.0 Å². The molecule has 1 fully saturated rings. The summed E-state index contributed by atoms with van der Waals surface area (Å²) in [5.41, 5.74) is 1.01. The maximum Gasteiger partial charge on any atom is 0.255 e. The van der Waals surface area contributed by atoms with Gasteiger partial charge in [-0.15, -0.1) is 0 Å². The number of Topliss-reactive ketones (excluding diaryl/α,β-unsaturated/α-hetero) is 1. The molecule has 3 rings (SSSR count). The van der Waals surface area contributed by atoms with Crippen molar-refractivity contribution in [2.24, 2.45) is 0 Å². The van der Waals surface area contributed by atoms with Crippen LogP contribution in [0.4, 0.5) is 5.69 Å². The molecular formula is C20H23N3O4S. The number of anilines is 1. The number of benzene rings is 2. The van der Waals surface area contributed by atoms with E-state index >= 15 is 0 Å². The van der Waals surface area contributed by atoms with Gasteiger partial charge in [-0.1, -0.05) is 18.2 Å². The lowest BCUT2D eigenvalue weighted by Crippen LogP contribution is -2.47. The topological polar surface area (TPSA) is 86.8 Å². The lowest BCUT2D eigenvalue weighted by molar-refractivity contribution is 0.101. The maximum atomic E-state index is 12.9. The van der Waals surface area contributed by atoms with Crippen LogP contribution in [0.5, 0.6) is 0 Å². The van der Waals surface area contributed by atoms with Crippen LogP contribution in [0.2, 0.25) is 0 Å². The van der Waals surface area contributed by atoms with Crippen LogP contribution in [0.25, 0.3) is 0 Å². The van der Waals surface area contributed by atoms with Crippen molar-refractivity contribution in [2.75, 3.05) is 38.5 Å². The fourth-order valence-electron chi connectivity index (χ4n) is 3.07. The SMILES string of the molecule is CC(=O)c1ccccc1NC(=O)c1cccc(S(=O)(=O)N2CCN(C)CC2)c1. The van der Waals surface area contributed by atoms with Crippen LogP contribution >= 0.6 is 0 Å². The minimum atomic E-state index is -3.66. The lowest BCUT2D eigenvalue weighted by atomic mass is 10.1. The maximum absolute atomic E-state index is 12.9. The number of piperazine rings is 1. The number of amides is 1. The molecule has 1 heterocycles. The van der Waals surface area contributed by atoms with Gasteiger partial charge in [0, 0.05) is 37.3 Å². The third-order valence-electron chi connectivity index (χ3n) is 4.75. The number of ketones is 1. The van der Waals surface area contributed by atoms with Gasteiger partial charge in [-0.25, -0.2) is 8.42 Å². The average molecular weight is 401 g/mol. The van der Waals surface area contributed by atoms with E-state index in [0.717, 1.165) is 0 Å². The van der Waals surface area contributed by atoms with Gasteiger partial charge >= 0.3 is 0 Å². The summed E-state index contributed by atoms with van der Waals surface area (Å²) in [6.07, 6.45) is 0. The Kier molecular flexibility index (Phi) is 5.93. The summed E-state index contributed by atoms with van der Waals surface area (Å²) >= 11 is 0. The molecule has 0 aromatic heterocycles. The number of nitrogens with zero attached hydrogens (tertiary/aromatic N) is 2. The molecule has 1 aliphatic rings. The largest absolute Gasteiger partial charge is 0.321 e. The number of para-hydroxylation sites is 1. The van der Waals surface area contributed by atoms with Gasteiger partial charge in [0.25, 0.3) is 5.91 Å². The summed E-state index contributed by atoms with van der Waals surface area (Å²) in [5, 5.41) is 2.70. The molecule has 0 aliphatic carbocycles. The van der Waals surface area contributed by atoms with Crippen molar-refractivity contribution in [3.05, 3.63) is 59.7 Å². The standard InChI is InChI=1S/C20H23N3O4S/c1-15(24)18-8-3-4-9-19(18)21-20(25)16-6-5-7-17(14-16)28(26,27)23-12-10-22(2)11-13-23/h3-9,14H,10-13H2,1-2H3,(H,21,25). The van der Waals surface area contributed by atoms with Crippen molar-refractivity contribution in [2.45, 2.75) is 11.8 Å². The van der Waals surface area contributed by atoms with E-state index in [0.29, 0.717) is 37.4 Å². The number of hydrogen-bond donors (Lipinski definition) is 1. The van der Waals surface area contributed by atoms with E-state index in [9.17, 15) is 18.0 Å². The smallest absolute Gasteiger partial charge is 0.255 e. The van der Waals surface area contributed by atoms with Crippen molar-refractivity contribution in [1.29, 1.82) is 0 Å². The van der Waals surface area contributed by atoms with Crippen molar-refractivity contribution >= 4 is 27.4 Å². The first-order valence-corrected chi connectivity index (χ1v) is 10.4. The fourth-order valence-corrected chi connectivity index (χ4v) is 4.54. The summed E-state index contributed by atoms with van der Waals surface area (Å²) in [6, 6.07) is 12.7. The second kappa shape index (κ2) is 8.22. The van der Waals surface area contributed by atoms with Crippen LogP contribution in [0, 0.1) is 0 Å². The first-order chi connectivity index (χ1) is 13.3. The highest BCUT2D eigenvalue weighted by molar-refractivity contribution is 7.89. The molecule has 7 nitrogen and oxygen atoms in total. The molecule has 0 saturated carbocycles. The Labute approximate surface area is 165 Å². The third-order valence-corrected chi connectivity index (χ3v) is 6.65. The molecule has 1 saturated heterocycles. The van der Waals surface area contributed by atoms with Crippen LogP contribution < -0.4 is 5.32 Å². The Hall–Kier alpha value is -2.55. The molecule has 2 aromatic carbocycles. The molecule has 0 atom stereocenters. The number of nitrogens with one attached hydrogen (secondary N) is 1. The van der Waals surface area contributed by atoms with Gasteiger partial charge in [-0.05, 0) is 44.3 Å². The minimum absolute atomic E-state index is 0.0876. The highest BCUT2D eigenvalue weighted by Gasteiger charge is 2.28. The third kappa shape index (κ3) is 4.30. The quantitative estimate of drug-likeness (QED) is 0.775. The van der Waals surface area contributed by atoms with E-state index in [4.69, 9.17) is 0 Å². The molecule has 28 heavy (non-hydrogen) atoms. The van der Waals surface area contributed by atoms with E-state index < -0.39 is 15.9 Å². The van der Waals surface area contributed by atoms with Crippen molar-refractivity contribution in [3.63, 3.8) is 0 Å². The summed E-state index contributed by atoms with van der Waals surface area (Å²) in [5.74, 6) is -0.633. The van der Waals surface area contributed by atoms with Crippen LogP contribution in [-0.2, 0) is 10.0 Å². The number of carbonyl (C=O) groups is 2. The lowest BCUT2D eigenvalue weighted by Gasteiger charge is -2.31. The number of rotatable bonds is 5. The highest BCUT2D eigenvalue weighted by atomic mass is 32.2. The summed E-state index contributed by atoms with van der Waals surface area (Å²) < 4.78 is 27.2. The van der Waals surface area contributed by atoms with Crippen LogP contribution in [0.3, 0.4) is 0 Å². The second-order valence-corrected chi connectivity index (χ2v) is 8.73. The molecule has 0 bridgehead atoms. The van der Waals surface area contributed by atoms with E-state index in [1.54, 1.807) is 36.4 Å². The zero-order valence-electron chi connectivity index (χ0n) is 15.9. The van der Waals surface area contributed by atoms with Gasteiger partial charge in [-0.2, -0.15) is 4.31 Å². The van der Waals surface area contributed by atoms with Gasteiger partial charge < -0.3 is 10.2 Å². The predicted octanol–water partition coefficient (Wildman–Crippen LogP) is 2.08. The van der Waals surface area contributed by atoms with Crippen molar-refractivity contribution in [1.82, 2.24) is 9.21 Å². The summed E-state index contributed by atoms with van der Waals surface area (Å²) in [7, 11) is -1.71. The Bertz CT molecular complexity index is 996. The minimum Gasteiger partial charge on any atom is -0.321 e. The molecular weight excluding hydrogens is 378 g/mol. The Morgan fingerprint density at radius 1 is 0.964 bits per heavy atom. The first-order valence-electron chi connectivity index (χ1n) is 8.99. The Morgan fingerprint density at radius 3 is 2.32 bits per heavy atom. The molecule has 2 aromatic rings. The predicted molar refractivity (Wildman–Crippen MR) is 107 cm³/mol. The van der Waals surface area contributed by atoms with Crippen LogP contribution in [-0.4, -0.2) is 62.5 Å². The molecule has 148 valence electrons. The van der Waals surface area contributed by atoms with Gasteiger partial charge in [0.15, 0.2) is 5.78 Å². The number of sulfonamides is 1. The molecule has 0 radical (unpaired) electrons. The van der Waals surface area contributed by atoms with E-state index in [-0.39, 0.29) is 16.2 Å². The number of hydrogen-bond acceptors (Lipinski definition) is 5. The van der Waals surface area contributed by atoms with E-state index in [2.05, 4.69) is 10.2 Å². The Balaban J connectivity index is 1.83. The highest BCUT2D eigenvalue weighted by Crippen LogP contribution is 2.21. The van der Waals surface area contributed by atoms with Gasteiger partial charge in [0.2, 0.25) is 10.0 Å². The van der Waals surface area contributed by atoms with E-state index in [1.165, 1.54) is 23.4 Å². The average Bonchev–Trinajstić information content (AvgIpc) is 2.68. The molecule has 1 aliphatic heterocycles. The first kappa shape index (κ1) is 20.2. The molecule has 0 unspecified atom stereocenters. The second-order valence-electron chi connectivity index (χ2n) is 6.79. The molecule has 8 heteroatoms. The zero-order valence-corrected chi connectivity index (χ0v) is 16.7. The monoisotopic (exact) mass is 401 g/mol. The van der Waals surface area contributed by atoms with Gasteiger partial charge in [0.05, 0.1) is 10.6 Å². The van der Waals surface area contributed by atoms with Crippen molar-refractivity contribution in [3.8, 4) is 0 Å². The van der Waals surface area contributed by atoms with Gasteiger partial charge in [0.1, 0.15) is 0 Å². The zero-order chi connectivity index (χ0) is 20.3. The van der Waals surface area contributed by atoms with Gasteiger partial charge in [-0.3, -0.25) is 9.59 Å². The van der Waals surface area contributed by atoms with Crippen LogP contribution in [0.1, 0.15) is 27.6 Å². The number of carbonyl (C=O) groups excluding carboxylic acids is 2. The Morgan fingerprint density at radius 2 is 1.64 bits per heavy atom. The fraction of sp³-hybridized carbons (Fsp3) is 0.300. The summed E-state index contributed by atoms with van der Waals surface area (Å²) in [6.45, 7) is 3.60.